The van der Waals surface area contributed by atoms with Crippen LogP contribution in [0.2, 0.25) is 0 Å². The molecule has 0 unspecified atom stereocenters. The molecule has 1 aliphatic heterocycles. The molecule has 8 heteroatoms. The lowest BCUT2D eigenvalue weighted by Gasteiger charge is -2.20. The zero-order chi connectivity index (χ0) is 17.6. The first kappa shape index (κ1) is 17.2. The van der Waals surface area contributed by atoms with E-state index in [1.54, 1.807) is 6.07 Å². The Balaban J connectivity index is 1.61. The second-order valence-corrected chi connectivity index (χ2v) is 5.86. The van der Waals surface area contributed by atoms with Gasteiger partial charge in [-0.25, -0.2) is 13.8 Å². The number of nitrogens with zero attached hydrogens (tertiary/aromatic N) is 3. The molecular formula is C17H21F2N5O. The van der Waals surface area contributed by atoms with Crippen LogP contribution < -0.4 is 15.5 Å². The van der Waals surface area contributed by atoms with E-state index >= 15 is 0 Å². The summed E-state index contributed by atoms with van der Waals surface area (Å²) < 4.78 is 31.8. The predicted molar refractivity (Wildman–Crippen MR) is 91.4 cm³/mol. The molecule has 0 amide bonds. The van der Waals surface area contributed by atoms with E-state index in [1.165, 1.54) is 18.4 Å². The highest BCUT2D eigenvalue weighted by molar-refractivity contribution is 5.80. The van der Waals surface area contributed by atoms with Crippen LogP contribution in [0.15, 0.2) is 40.0 Å². The van der Waals surface area contributed by atoms with Crippen LogP contribution >= 0.6 is 0 Å². The van der Waals surface area contributed by atoms with Gasteiger partial charge >= 0.3 is 0 Å². The Hall–Kier alpha value is -2.64. The summed E-state index contributed by atoms with van der Waals surface area (Å²) in [5.74, 6) is -0.422. The predicted octanol–water partition coefficient (Wildman–Crippen LogP) is 2.29. The molecule has 1 fully saturated rings. The molecule has 25 heavy (non-hydrogen) atoms. The van der Waals surface area contributed by atoms with Crippen molar-refractivity contribution < 1.29 is 13.3 Å². The molecule has 1 aromatic carbocycles. The lowest BCUT2D eigenvalue weighted by molar-refractivity contribution is 0.412. The minimum absolute atomic E-state index is 0.125. The summed E-state index contributed by atoms with van der Waals surface area (Å²) >= 11 is 0. The first-order valence-electron chi connectivity index (χ1n) is 8.30. The molecular weight excluding hydrogens is 328 g/mol. The van der Waals surface area contributed by atoms with Gasteiger partial charge in [-0.3, -0.25) is 0 Å². The van der Waals surface area contributed by atoms with Gasteiger partial charge in [0.15, 0.2) is 5.96 Å². The van der Waals surface area contributed by atoms with Gasteiger partial charge < -0.3 is 20.1 Å². The Kier molecular flexibility index (Phi) is 5.47. The van der Waals surface area contributed by atoms with Crippen LogP contribution in [0.4, 0.5) is 14.5 Å². The number of guanidine groups is 1. The minimum atomic E-state index is -0.565. The highest BCUT2D eigenvalue weighted by Crippen LogP contribution is 2.24. The van der Waals surface area contributed by atoms with Crippen LogP contribution in [0.1, 0.15) is 19.0 Å². The molecule has 1 aliphatic rings. The summed E-state index contributed by atoms with van der Waals surface area (Å²) in [5.41, 5.74) is 1.17. The van der Waals surface area contributed by atoms with Crippen LogP contribution in [0.25, 0.3) is 0 Å². The van der Waals surface area contributed by atoms with E-state index in [4.69, 9.17) is 4.52 Å². The smallest absolute Gasteiger partial charge is 0.191 e. The maximum absolute atomic E-state index is 13.9. The number of hydrogen-bond donors (Lipinski definition) is 2. The molecule has 2 N–H and O–H groups in total. The van der Waals surface area contributed by atoms with E-state index in [1.807, 2.05) is 11.8 Å². The van der Waals surface area contributed by atoms with Crippen molar-refractivity contribution in [2.24, 2.45) is 4.99 Å². The van der Waals surface area contributed by atoms with Crippen molar-refractivity contribution in [3.8, 4) is 0 Å². The SMILES string of the molecule is CCNC(=NCc1ccon1)N[C@@H]1CCN(c2ccc(F)cc2F)C1. The van der Waals surface area contributed by atoms with Crippen molar-refractivity contribution in [3.63, 3.8) is 0 Å². The van der Waals surface area contributed by atoms with E-state index in [0.717, 1.165) is 24.7 Å². The molecule has 1 aromatic heterocycles. The fourth-order valence-electron chi connectivity index (χ4n) is 2.83. The van der Waals surface area contributed by atoms with Crippen molar-refractivity contribution in [3.05, 3.63) is 47.9 Å². The second kappa shape index (κ2) is 7.96. The fraction of sp³-hybridized carbons (Fsp3) is 0.412. The van der Waals surface area contributed by atoms with Gasteiger partial charge in [0, 0.05) is 37.8 Å². The summed E-state index contributed by atoms with van der Waals surface area (Å²) in [6.07, 6.45) is 2.35. The van der Waals surface area contributed by atoms with Crippen LogP contribution in [0.5, 0.6) is 0 Å². The van der Waals surface area contributed by atoms with Crippen LogP contribution in [0, 0.1) is 11.6 Å². The summed E-state index contributed by atoms with van der Waals surface area (Å²) in [6.45, 7) is 4.45. The summed E-state index contributed by atoms with van der Waals surface area (Å²) in [4.78, 5) is 6.39. The van der Waals surface area contributed by atoms with Gasteiger partial charge in [0.2, 0.25) is 0 Å². The average molecular weight is 349 g/mol. The van der Waals surface area contributed by atoms with Crippen molar-refractivity contribution in [1.29, 1.82) is 0 Å². The third kappa shape index (κ3) is 4.46. The van der Waals surface area contributed by atoms with Crippen molar-refractivity contribution in [1.82, 2.24) is 15.8 Å². The molecule has 0 spiro atoms. The topological polar surface area (TPSA) is 65.7 Å². The number of hydrogen-bond acceptors (Lipinski definition) is 4. The fourth-order valence-corrected chi connectivity index (χ4v) is 2.83. The largest absolute Gasteiger partial charge is 0.367 e. The molecule has 1 atom stereocenters. The van der Waals surface area contributed by atoms with E-state index in [9.17, 15) is 8.78 Å². The maximum atomic E-state index is 13.9. The number of nitrogens with one attached hydrogen (secondary N) is 2. The molecule has 2 aromatic rings. The molecule has 0 aliphatic carbocycles. The standard InChI is InChI=1S/C17H21F2N5O/c1-2-20-17(21-10-13-6-8-25-23-13)22-14-5-7-24(11-14)16-4-3-12(18)9-15(16)19/h3-4,6,8-9,14H,2,5,7,10-11H2,1H3,(H2,20,21,22)/t14-/m1/s1. The van der Waals surface area contributed by atoms with Gasteiger partial charge in [0.05, 0.1) is 12.2 Å². The van der Waals surface area contributed by atoms with Gasteiger partial charge in [0.1, 0.15) is 23.6 Å². The second-order valence-electron chi connectivity index (χ2n) is 5.86. The molecule has 3 rings (SSSR count). The molecule has 6 nitrogen and oxygen atoms in total. The van der Waals surface area contributed by atoms with Crippen molar-refractivity contribution in [2.45, 2.75) is 25.9 Å². The quantitative estimate of drug-likeness (QED) is 0.640. The molecule has 0 saturated carbocycles. The molecule has 0 radical (unpaired) electrons. The van der Waals surface area contributed by atoms with Gasteiger partial charge in [-0.2, -0.15) is 0 Å². The first-order chi connectivity index (χ1) is 12.2. The highest BCUT2D eigenvalue weighted by Gasteiger charge is 2.25. The normalized spacial score (nSPS) is 17.8. The summed E-state index contributed by atoms with van der Waals surface area (Å²) in [7, 11) is 0. The zero-order valence-corrected chi connectivity index (χ0v) is 14.0. The lowest BCUT2D eigenvalue weighted by Crippen LogP contribution is -2.44. The number of aromatic nitrogens is 1. The molecule has 1 saturated heterocycles. The Labute approximate surface area is 144 Å². The van der Waals surface area contributed by atoms with E-state index in [-0.39, 0.29) is 6.04 Å². The number of rotatable bonds is 5. The Bertz CT molecular complexity index is 720. The Morgan fingerprint density at radius 2 is 2.28 bits per heavy atom. The van der Waals surface area contributed by atoms with Crippen LogP contribution in [-0.2, 0) is 6.54 Å². The Morgan fingerprint density at radius 3 is 3.00 bits per heavy atom. The van der Waals surface area contributed by atoms with Crippen molar-refractivity contribution >= 4 is 11.6 Å². The highest BCUT2D eigenvalue weighted by atomic mass is 19.1. The summed E-state index contributed by atoms with van der Waals surface area (Å²) in [6, 6.07) is 5.57. The van der Waals surface area contributed by atoms with E-state index in [0.29, 0.717) is 31.3 Å². The minimum Gasteiger partial charge on any atom is -0.367 e. The van der Waals surface area contributed by atoms with Crippen molar-refractivity contribution in [2.75, 3.05) is 24.5 Å². The number of aliphatic imine (C=N–C) groups is 1. The molecule has 2 heterocycles. The third-order valence-electron chi connectivity index (χ3n) is 4.01. The monoisotopic (exact) mass is 349 g/mol. The van der Waals surface area contributed by atoms with Crippen LogP contribution in [0.3, 0.4) is 0 Å². The third-order valence-corrected chi connectivity index (χ3v) is 4.01. The van der Waals surface area contributed by atoms with E-state index in [2.05, 4.69) is 20.8 Å². The first-order valence-corrected chi connectivity index (χ1v) is 8.30. The molecule has 134 valence electrons. The number of anilines is 1. The maximum Gasteiger partial charge on any atom is 0.191 e. The number of halogens is 2. The molecule has 0 bridgehead atoms. The van der Waals surface area contributed by atoms with Gasteiger partial charge in [0.25, 0.3) is 0 Å². The van der Waals surface area contributed by atoms with Gasteiger partial charge in [-0.15, -0.1) is 0 Å². The average Bonchev–Trinajstić information content (AvgIpc) is 3.24. The van der Waals surface area contributed by atoms with Gasteiger partial charge in [-0.1, -0.05) is 5.16 Å². The van der Waals surface area contributed by atoms with Gasteiger partial charge in [-0.05, 0) is 25.5 Å². The number of benzene rings is 1. The zero-order valence-electron chi connectivity index (χ0n) is 14.0. The summed E-state index contributed by atoms with van der Waals surface area (Å²) in [5, 5.41) is 10.4. The Morgan fingerprint density at radius 1 is 1.40 bits per heavy atom. The lowest BCUT2D eigenvalue weighted by atomic mass is 10.2. The van der Waals surface area contributed by atoms with E-state index < -0.39 is 11.6 Å². The van der Waals surface area contributed by atoms with Crippen LogP contribution in [-0.4, -0.2) is 36.8 Å².